The molecule has 0 spiro atoms. The van der Waals surface area contributed by atoms with Gasteiger partial charge in [0.2, 0.25) is 0 Å². The van der Waals surface area contributed by atoms with Gasteiger partial charge >= 0.3 is 6.18 Å². The predicted molar refractivity (Wildman–Crippen MR) is 55.1 cm³/mol. The van der Waals surface area contributed by atoms with Gasteiger partial charge in [0.05, 0.1) is 10.2 Å². The summed E-state index contributed by atoms with van der Waals surface area (Å²) in [7, 11) is 0. The maximum atomic E-state index is 12.5. The predicted octanol–water partition coefficient (Wildman–Crippen LogP) is 3.07. The van der Waals surface area contributed by atoms with E-state index in [0.29, 0.717) is 6.42 Å². The van der Waals surface area contributed by atoms with E-state index in [0.717, 1.165) is 12.0 Å². The van der Waals surface area contributed by atoms with Gasteiger partial charge in [-0.3, -0.25) is 4.40 Å². The van der Waals surface area contributed by atoms with E-state index in [1.165, 1.54) is 4.40 Å². The van der Waals surface area contributed by atoms with Crippen LogP contribution in [0, 0.1) is 0 Å². The summed E-state index contributed by atoms with van der Waals surface area (Å²) in [4.78, 5) is 7.46. The molecule has 0 N–H and O–H groups in total. The van der Waals surface area contributed by atoms with E-state index < -0.39 is 11.9 Å². The Bertz CT molecular complexity index is 533. The quantitative estimate of drug-likeness (QED) is 0.809. The number of rotatable bonds is 1. The van der Waals surface area contributed by atoms with Crippen molar-refractivity contribution in [2.75, 3.05) is 0 Å². The number of imidazole rings is 1. The molecule has 2 rings (SSSR count). The zero-order valence-corrected chi connectivity index (χ0v) is 9.80. The molecular formula is C9H7BrF3N3. The molecule has 0 aliphatic rings. The van der Waals surface area contributed by atoms with Crippen molar-refractivity contribution in [2.24, 2.45) is 0 Å². The van der Waals surface area contributed by atoms with Crippen molar-refractivity contribution in [3.63, 3.8) is 0 Å². The van der Waals surface area contributed by atoms with Gasteiger partial charge in [-0.1, -0.05) is 6.92 Å². The van der Waals surface area contributed by atoms with Gasteiger partial charge in [0, 0.05) is 6.20 Å². The van der Waals surface area contributed by atoms with Crippen LogP contribution >= 0.6 is 15.9 Å². The molecule has 0 aliphatic heterocycles. The van der Waals surface area contributed by atoms with Crippen molar-refractivity contribution in [2.45, 2.75) is 19.5 Å². The summed E-state index contributed by atoms with van der Waals surface area (Å²) in [6, 6.07) is 0. The summed E-state index contributed by atoms with van der Waals surface area (Å²) in [5, 5.41) is 0. The molecule has 0 atom stereocenters. The molecule has 0 amide bonds. The number of fused-ring (bicyclic) bond motifs is 1. The lowest BCUT2D eigenvalue weighted by Crippen LogP contribution is -2.10. The highest BCUT2D eigenvalue weighted by molar-refractivity contribution is 9.10. The molecule has 0 radical (unpaired) electrons. The maximum absolute atomic E-state index is 12.5. The third-order valence-corrected chi connectivity index (χ3v) is 2.86. The summed E-state index contributed by atoms with van der Waals surface area (Å²) >= 11 is 2.89. The number of aryl methyl sites for hydroxylation is 1. The smallest absolute Gasteiger partial charge is 0.289 e. The van der Waals surface area contributed by atoms with E-state index in [2.05, 4.69) is 25.9 Å². The molecule has 7 heteroatoms. The highest BCUT2D eigenvalue weighted by atomic mass is 79.9. The molecule has 2 aromatic heterocycles. The van der Waals surface area contributed by atoms with Gasteiger partial charge in [0.1, 0.15) is 6.33 Å². The van der Waals surface area contributed by atoms with Crippen LogP contribution in [0.2, 0.25) is 0 Å². The molecular weight excluding hydrogens is 287 g/mol. The minimum Gasteiger partial charge on any atom is -0.289 e. The van der Waals surface area contributed by atoms with Crippen molar-refractivity contribution >= 4 is 21.6 Å². The number of alkyl halides is 3. The van der Waals surface area contributed by atoms with Crippen LogP contribution in [0.15, 0.2) is 17.0 Å². The molecule has 3 nitrogen and oxygen atoms in total. The first-order chi connectivity index (χ1) is 7.43. The molecule has 0 aromatic carbocycles. The van der Waals surface area contributed by atoms with Crippen molar-refractivity contribution in [3.05, 3.63) is 28.4 Å². The van der Waals surface area contributed by atoms with E-state index in [-0.39, 0.29) is 10.1 Å². The summed E-state index contributed by atoms with van der Waals surface area (Å²) in [5.41, 5.74) is 0.00857. The summed E-state index contributed by atoms with van der Waals surface area (Å²) in [5.74, 6) is 0. The lowest BCUT2D eigenvalue weighted by Gasteiger charge is -2.07. The first-order valence-electron chi connectivity index (χ1n) is 4.52. The van der Waals surface area contributed by atoms with Crippen LogP contribution < -0.4 is 0 Å². The average Bonchev–Trinajstić information content (AvgIpc) is 2.60. The van der Waals surface area contributed by atoms with Crippen molar-refractivity contribution < 1.29 is 13.2 Å². The first kappa shape index (κ1) is 11.4. The maximum Gasteiger partial charge on any atom is 0.434 e. The van der Waals surface area contributed by atoms with E-state index >= 15 is 0 Å². The van der Waals surface area contributed by atoms with Crippen LogP contribution in [0.4, 0.5) is 13.2 Å². The van der Waals surface area contributed by atoms with Crippen LogP contribution in [0.5, 0.6) is 0 Å². The van der Waals surface area contributed by atoms with E-state index in [1.807, 2.05) is 6.92 Å². The number of hydrogen-bond acceptors (Lipinski definition) is 2. The van der Waals surface area contributed by atoms with Crippen molar-refractivity contribution in [1.29, 1.82) is 0 Å². The fourth-order valence-corrected chi connectivity index (χ4v) is 1.97. The Hall–Kier alpha value is -1.11. The third-order valence-electron chi connectivity index (χ3n) is 2.13. The van der Waals surface area contributed by atoms with Gasteiger partial charge in [-0.25, -0.2) is 9.97 Å². The summed E-state index contributed by atoms with van der Waals surface area (Å²) < 4.78 is 39.0. The Morgan fingerprint density at radius 1 is 1.44 bits per heavy atom. The van der Waals surface area contributed by atoms with E-state index in [9.17, 15) is 13.2 Å². The van der Waals surface area contributed by atoms with Crippen LogP contribution in [0.1, 0.15) is 18.3 Å². The van der Waals surface area contributed by atoms with E-state index in [1.54, 1.807) is 6.20 Å². The Morgan fingerprint density at radius 3 is 2.69 bits per heavy atom. The van der Waals surface area contributed by atoms with Crippen LogP contribution in [-0.2, 0) is 12.6 Å². The highest BCUT2D eigenvalue weighted by Crippen LogP contribution is 2.34. The molecule has 16 heavy (non-hydrogen) atoms. The van der Waals surface area contributed by atoms with Crippen LogP contribution in [0.25, 0.3) is 5.65 Å². The minimum absolute atomic E-state index is 0.123. The van der Waals surface area contributed by atoms with Gasteiger partial charge in [0.25, 0.3) is 0 Å². The second kappa shape index (κ2) is 3.73. The van der Waals surface area contributed by atoms with Gasteiger partial charge in [-0.2, -0.15) is 13.2 Å². The molecule has 0 saturated carbocycles. The second-order valence-electron chi connectivity index (χ2n) is 3.22. The standard InChI is InChI=1S/C9H7BrF3N3/c1-2-5-3-16-4-14-7(9(11,12)13)6(10)8(16)15-5/h3-4H,2H2,1H3. The summed E-state index contributed by atoms with van der Waals surface area (Å²) in [6.07, 6.45) is -1.03. The summed E-state index contributed by atoms with van der Waals surface area (Å²) in [6.45, 7) is 1.88. The lowest BCUT2D eigenvalue weighted by molar-refractivity contribution is -0.141. The molecule has 0 aliphatic carbocycles. The van der Waals surface area contributed by atoms with Gasteiger partial charge in [-0.05, 0) is 22.4 Å². The molecule has 2 heterocycles. The minimum atomic E-state index is -4.47. The molecule has 0 bridgehead atoms. The Kier molecular flexibility index (Phi) is 2.65. The molecule has 0 unspecified atom stereocenters. The van der Waals surface area contributed by atoms with Gasteiger partial charge < -0.3 is 0 Å². The largest absolute Gasteiger partial charge is 0.434 e. The fraction of sp³-hybridized carbons (Fsp3) is 0.333. The molecule has 2 aromatic rings. The average molecular weight is 294 g/mol. The topological polar surface area (TPSA) is 30.2 Å². The molecule has 0 saturated heterocycles. The van der Waals surface area contributed by atoms with E-state index in [4.69, 9.17) is 0 Å². The van der Waals surface area contributed by atoms with Crippen LogP contribution in [-0.4, -0.2) is 14.4 Å². The molecule has 86 valence electrons. The SMILES string of the molecule is CCc1cn2cnc(C(F)(F)F)c(Br)c2n1. The normalized spacial score (nSPS) is 12.3. The van der Waals surface area contributed by atoms with Crippen molar-refractivity contribution in [1.82, 2.24) is 14.4 Å². The second-order valence-corrected chi connectivity index (χ2v) is 4.01. The Labute approximate surface area is 97.4 Å². The fourth-order valence-electron chi connectivity index (χ4n) is 1.35. The number of nitrogens with zero attached hydrogens (tertiary/aromatic N) is 3. The number of aromatic nitrogens is 3. The number of hydrogen-bond donors (Lipinski definition) is 0. The van der Waals surface area contributed by atoms with Crippen molar-refractivity contribution in [3.8, 4) is 0 Å². The molecule has 0 fully saturated rings. The zero-order chi connectivity index (χ0) is 11.9. The Morgan fingerprint density at radius 2 is 2.12 bits per heavy atom. The zero-order valence-electron chi connectivity index (χ0n) is 8.22. The Balaban J connectivity index is 2.69. The monoisotopic (exact) mass is 293 g/mol. The van der Waals surface area contributed by atoms with Gasteiger partial charge in [-0.15, -0.1) is 0 Å². The third kappa shape index (κ3) is 1.79. The first-order valence-corrected chi connectivity index (χ1v) is 5.32. The number of halogens is 4. The lowest BCUT2D eigenvalue weighted by atomic mass is 10.4. The van der Waals surface area contributed by atoms with Gasteiger partial charge in [0.15, 0.2) is 11.3 Å². The van der Waals surface area contributed by atoms with Crippen LogP contribution in [0.3, 0.4) is 0 Å². The highest BCUT2D eigenvalue weighted by Gasteiger charge is 2.36.